The van der Waals surface area contributed by atoms with Gasteiger partial charge in [0, 0.05) is 12.2 Å². The van der Waals surface area contributed by atoms with Crippen molar-refractivity contribution in [3.05, 3.63) is 71.2 Å². The lowest BCUT2D eigenvalue weighted by Crippen LogP contribution is -2.48. The maximum absolute atomic E-state index is 13.8. The quantitative estimate of drug-likeness (QED) is 0.824. The molecule has 0 spiro atoms. The first-order valence-corrected chi connectivity index (χ1v) is 8.94. The van der Waals surface area contributed by atoms with Gasteiger partial charge in [-0.3, -0.25) is 9.69 Å². The number of amides is 3. The molecule has 2 aromatic rings. The molecule has 0 fully saturated rings. The Bertz CT molecular complexity index is 942. The number of anilines is 1. The highest BCUT2D eigenvalue weighted by Gasteiger charge is 2.35. The lowest BCUT2D eigenvalue weighted by atomic mass is 9.94. The summed E-state index contributed by atoms with van der Waals surface area (Å²) < 4.78 is 19.1. The molecule has 0 bridgehead atoms. The van der Waals surface area contributed by atoms with Gasteiger partial charge >= 0.3 is 6.03 Å². The van der Waals surface area contributed by atoms with E-state index >= 15 is 0 Å². The number of ether oxygens (including phenoxy) is 1. The minimum atomic E-state index is -0.763. The van der Waals surface area contributed by atoms with Gasteiger partial charge in [0.25, 0.3) is 5.91 Å². The van der Waals surface area contributed by atoms with Gasteiger partial charge in [-0.05, 0) is 43.7 Å². The summed E-state index contributed by atoms with van der Waals surface area (Å²) in [6.45, 7) is 3.94. The number of para-hydroxylation sites is 2. The van der Waals surface area contributed by atoms with Crippen LogP contribution < -0.4 is 15.4 Å². The van der Waals surface area contributed by atoms with Gasteiger partial charge in [0.15, 0.2) is 0 Å². The van der Waals surface area contributed by atoms with Crippen molar-refractivity contribution in [2.24, 2.45) is 0 Å². The van der Waals surface area contributed by atoms with Crippen LogP contribution in [0, 0.1) is 5.82 Å². The van der Waals surface area contributed by atoms with Gasteiger partial charge in [-0.2, -0.15) is 0 Å². The molecular weight excluding hydrogens is 361 g/mol. The molecule has 0 saturated carbocycles. The Labute approximate surface area is 163 Å². The fourth-order valence-electron chi connectivity index (χ4n) is 3.33. The van der Waals surface area contributed by atoms with Crippen LogP contribution in [0.5, 0.6) is 5.75 Å². The summed E-state index contributed by atoms with van der Waals surface area (Å²) in [5.74, 6) is -0.315. The van der Waals surface area contributed by atoms with Crippen LogP contribution in [0.4, 0.5) is 14.9 Å². The number of hydrogen-bond acceptors (Lipinski definition) is 3. The fraction of sp³-hybridized carbons (Fsp3) is 0.238. The predicted molar refractivity (Wildman–Crippen MR) is 104 cm³/mol. The second-order valence-electron chi connectivity index (χ2n) is 6.34. The summed E-state index contributed by atoms with van der Waals surface area (Å²) >= 11 is 0. The largest absolute Gasteiger partial charge is 0.495 e. The molecular formula is C21H22FN3O3. The van der Waals surface area contributed by atoms with Crippen LogP contribution in [0.15, 0.2) is 59.8 Å². The Morgan fingerprint density at radius 3 is 2.68 bits per heavy atom. The normalized spacial score (nSPS) is 16.6. The highest BCUT2D eigenvalue weighted by Crippen LogP contribution is 2.32. The zero-order valence-corrected chi connectivity index (χ0v) is 16.0. The van der Waals surface area contributed by atoms with Crippen LogP contribution >= 0.6 is 0 Å². The molecule has 0 saturated heterocycles. The third-order valence-corrected chi connectivity index (χ3v) is 4.69. The van der Waals surface area contributed by atoms with Crippen molar-refractivity contribution in [2.75, 3.05) is 19.0 Å². The van der Waals surface area contributed by atoms with Crippen molar-refractivity contribution in [2.45, 2.75) is 19.9 Å². The van der Waals surface area contributed by atoms with E-state index in [2.05, 4.69) is 10.6 Å². The summed E-state index contributed by atoms with van der Waals surface area (Å²) in [6.07, 6.45) is 0. The Morgan fingerprint density at radius 2 is 2.00 bits per heavy atom. The van der Waals surface area contributed by atoms with Crippen LogP contribution in [0.2, 0.25) is 0 Å². The molecule has 2 aromatic carbocycles. The molecule has 0 radical (unpaired) electrons. The molecule has 3 amide bonds. The Kier molecular flexibility index (Phi) is 5.63. The maximum atomic E-state index is 13.8. The molecule has 0 aliphatic carbocycles. The summed E-state index contributed by atoms with van der Waals surface area (Å²) in [4.78, 5) is 27.1. The van der Waals surface area contributed by atoms with Crippen LogP contribution in [-0.2, 0) is 4.79 Å². The lowest BCUT2D eigenvalue weighted by molar-refractivity contribution is -0.113. The number of carbonyl (C=O) groups is 2. The molecule has 1 aliphatic heterocycles. The Hall–Kier alpha value is -3.35. The molecule has 0 unspecified atom stereocenters. The Balaban J connectivity index is 2.04. The van der Waals surface area contributed by atoms with E-state index in [1.165, 1.54) is 24.1 Å². The van der Waals surface area contributed by atoms with E-state index in [4.69, 9.17) is 4.74 Å². The first kappa shape index (κ1) is 19.4. The maximum Gasteiger partial charge on any atom is 0.322 e. The zero-order valence-electron chi connectivity index (χ0n) is 16.0. The molecule has 1 aliphatic rings. The van der Waals surface area contributed by atoms with Gasteiger partial charge in [-0.1, -0.05) is 24.3 Å². The summed E-state index contributed by atoms with van der Waals surface area (Å²) in [6, 6.07) is 11.8. The van der Waals surface area contributed by atoms with Gasteiger partial charge < -0.3 is 15.4 Å². The number of rotatable bonds is 5. The number of carbonyl (C=O) groups excluding carboxylic acids is 2. The number of nitrogens with zero attached hydrogens (tertiary/aromatic N) is 1. The topological polar surface area (TPSA) is 70.7 Å². The van der Waals surface area contributed by atoms with Crippen molar-refractivity contribution >= 4 is 17.6 Å². The van der Waals surface area contributed by atoms with Crippen molar-refractivity contribution in [3.63, 3.8) is 0 Å². The third-order valence-electron chi connectivity index (χ3n) is 4.69. The number of urea groups is 1. The summed E-state index contributed by atoms with van der Waals surface area (Å²) in [5.41, 5.74) is 1.87. The van der Waals surface area contributed by atoms with Gasteiger partial charge in [0.1, 0.15) is 11.6 Å². The van der Waals surface area contributed by atoms with Gasteiger partial charge in [0.05, 0.1) is 24.4 Å². The van der Waals surface area contributed by atoms with E-state index < -0.39 is 17.8 Å². The van der Waals surface area contributed by atoms with Crippen LogP contribution in [-0.4, -0.2) is 30.5 Å². The molecule has 28 heavy (non-hydrogen) atoms. The number of hydrogen-bond donors (Lipinski definition) is 2. The van der Waals surface area contributed by atoms with Crippen molar-refractivity contribution < 1.29 is 18.7 Å². The van der Waals surface area contributed by atoms with E-state index in [0.717, 1.165) is 0 Å². The fourth-order valence-corrected chi connectivity index (χ4v) is 3.33. The average Bonchev–Trinajstić information content (AvgIpc) is 2.68. The zero-order chi connectivity index (χ0) is 20.3. The number of methoxy groups -OCH3 is 1. The second kappa shape index (κ2) is 8.12. The summed E-state index contributed by atoms with van der Waals surface area (Å²) in [5, 5.41) is 5.65. The molecule has 146 valence electrons. The first-order chi connectivity index (χ1) is 13.5. The molecule has 1 atom stereocenters. The molecule has 1 heterocycles. The van der Waals surface area contributed by atoms with Gasteiger partial charge in [-0.25, -0.2) is 9.18 Å². The summed E-state index contributed by atoms with van der Waals surface area (Å²) in [7, 11) is 1.52. The van der Waals surface area contributed by atoms with E-state index in [9.17, 15) is 14.0 Å². The molecule has 3 rings (SSSR count). The molecule has 0 aromatic heterocycles. The monoisotopic (exact) mass is 383 g/mol. The van der Waals surface area contributed by atoms with Gasteiger partial charge in [0.2, 0.25) is 0 Å². The van der Waals surface area contributed by atoms with Crippen LogP contribution in [0.25, 0.3) is 0 Å². The molecule has 6 nitrogen and oxygen atoms in total. The minimum absolute atomic E-state index is 0.330. The smallest absolute Gasteiger partial charge is 0.322 e. The van der Waals surface area contributed by atoms with Crippen LogP contribution in [0.3, 0.4) is 0 Å². The molecule has 7 heteroatoms. The minimum Gasteiger partial charge on any atom is -0.495 e. The highest BCUT2D eigenvalue weighted by atomic mass is 19.1. The molecule has 2 N–H and O–H groups in total. The Morgan fingerprint density at radius 1 is 1.25 bits per heavy atom. The third kappa shape index (κ3) is 3.69. The predicted octanol–water partition coefficient (Wildman–Crippen LogP) is 3.83. The number of allylic oxidation sites excluding steroid dienone is 1. The number of benzene rings is 2. The SMILES string of the molecule is CCN1C(=O)N[C@@H](c2cccc(F)c2)C(C(=O)Nc2ccccc2OC)=C1C. The standard InChI is InChI=1S/C21H22FN3O3/c1-4-25-13(2)18(20(26)23-16-10-5-6-11-17(16)28-3)19(24-21(25)27)14-8-7-9-15(22)12-14/h5-12,19H,4H2,1-3H3,(H,23,26)(H,24,27)/t19-/m0/s1. The average molecular weight is 383 g/mol. The lowest BCUT2D eigenvalue weighted by Gasteiger charge is -2.35. The van der Waals surface area contributed by atoms with Crippen molar-refractivity contribution in [3.8, 4) is 5.75 Å². The van der Waals surface area contributed by atoms with Crippen LogP contribution in [0.1, 0.15) is 25.5 Å². The van der Waals surface area contributed by atoms with Gasteiger partial charge in [-0.15, -0.1) is 0 Å². The first-order valence-electron chi connectivity index (χ1n) is 8.94. The van der Waals surface area contributed by atoms with Crippen molar-refractivity contribution in [1.82, 2.24) is 10.2 Å². The highest BCUT2D eigenvalue weighted by molar-refractivity contribution is 6.07. The van der Waals surface area contributed by atoms with E-state index in [0.29, 0.717) is 34.8 Å². The number of halogens is 1. The van der Waals surface area contributed by atoms with Crippen molar-refractivity contribution in [1.29, 1.82) is 0 Å². The number of nitrogens with one attached hydrogen (secondary N) is 2. The van der Waals surface area contributed by atoms with E-state index in [1.54, 1.807) is 43.3 Å². The second-order valence-corrected chi connectivity index (χ2v) is 6.34. The van der Waals surface area contributed by atoms with E-state index in [-0.39, 0.29) is 6.03 Å². The van der Waals surface area contributed by atoms with E-state index in [1.807, 2.05) is 6.92 Å².